The highest BCUT2D eigenvalue weighted by Crippen LogP contribution is 2.17. The van der Waals surface area contributed by atoms with Crippen LogP contribution in [-0.2, 0) is 16.1 Å². The van der Waals surface area contributed by atoms with Gasteiger partial charge in [0, 0.05) is 32.6 Å². The Balaban J connectivity index is 2.83. The standard InChI is InChI=1S/C15H19N3O2/c1-4-7-13(16)15(20)17-14-9-6-5-8-12(14)10-18(3)11(2)19/h1,5-6,8-9,13H,7,10,16H2,2-3H3,(H,17,20). The Morgan fingerprint density at radius 1 is 1.45 bits per heavy atom. The van der Waals surface area contributed by atoms with Crippen molar-refractivity contribution in [2.75, 3.05) is 12.4 Å². The zero-order valence-corrected chi connectivity index (χ0v) is 11.7. The van der Waals surface area contributed by atoms with E-state index in [1.165, 1.54) is 6.92 Å². The van der Waals surface area contributed by atoms with Gasteiger partial charge in [0.1, 0.15) is 0 Å². The quantitative estimate of drug-likeness (QED) is 0.784. The van der Waals surface area contributed by atoms with Crippen LogP contribution in [0.15, 0.2) is 24.3 Å². The Labute approximate surface area is 119 Å². The van der Waals surface area contributed by atoms with Crippen LogP contribution >= 0.6 is 0 Å². The van der Waals surface area contributed by atoms with Gasteiger partial charge in [-0.05, 0) is 11.6 Å². The van der Waals surface area contributed by atoms with Crippen molar-refractivity contribution in [1.82, 2.24) is 4.90 Å². The molecule has 1 aromatic carbocycles. The molecule has 1 unspecified atom stereocenters. The van der Waals surface area contributed by atoms with Crippen molar-refractivity contribution in [1.29, 1.82) is 0 Å². The van der Waals surface area contributed by atoms with Crippen LogP contribution in [0.1, 0.15) is 18.9 Å². The molecule has 1 rings (SSSR count). The van der Waals surface area contributed by atoms with Gasteiger partial charge in [0.25, 0.3) is 0 Å². The summed E-state index contributed by atoms with van der Waals surface area (Å²) in [6.07, 6.45) is 5.32. The van der Waals surface area contributed by atoms with Crippen molar-refractivity contribution in [3.63, 3.8) is 0 Å². The molecule has 0 aliphatic carbocycles. The summed E-state index contributed by atoms with van der Waals surface area (Å²) in [6.45, 7) is 1.90. The molecule has 0 aliphatic heterocycles. The normalized spacial score (nSPS) is 11.3. The highest BCUT2D eigenvalue weighted by molar-refractivity contribution is 5.95. The summed E-state index contributed by atoms with van der Waals surface area (Å²) in [5.74, 6) is 1.98. The number of carbonyl (C=O) groups excluding carboxylic acids is 2. The van der Waals surface area contributed by atoms with Gasteiger partial charge in [-0.25, -0.2) is 0 Å². The molecule has 3 N–H and O–H groups in total. The highest BCUT2D eigenvalue weighted by Gasteiger charge is 2.14. The van der Waals surface area contributed by atoms with Crippen molar-refractivity contribution < 1.29 is 9.59 Å². The molecule has 0 fully saturated rings. The third-order valence-corrected chi connectivity index (χ3v) is 2.89. The van der Waals surface area contributed by atoms with Gasteiger partial charge in [0.05, 0.1) is 6.04 Å². The van der Waals surface area contributed by atoms with E-state index in [0.717, 1.165) is 5.56 Å². The second-order valence-corrected chi connectivity index (χ2v) is 4.54. The number of hydrogen-bond donors (Lipinski definition) is 2. The number of amides is 2. The summed E-state index contributed by atoms with van der Waals surface area (Å²) < 4.78 is 0. The summed E-state index contributed by atoms with van der Waals surface area (Å²) in [5, 5.41) is 2.74. The minimum Gasteiger partial charge on any atom is -0.342 e. The fraction of sp³-hybridized carbons (Fsp3) is 0.333. The van der Waals surface area contributed by atoms with Gasteiger partial charge in [0.15, 0.2) is 0 Å². The molecule has 1 atom stereocenters. The second kappa shape index (κ2) is 7.31. The van der Waals surface area contributed by atoms with E-state index in [4.69, 9.17) is 12.2 Å². The van der Waals surface area contributed by atoms with Gasteiger partial charge < -0.3 is 16.0 Å². The Hall–Kier alpha value is -2.32. The minimum atomic E-state index is -0.737. The number of para-hydroxylation sites is 1. The molecule has 0 aromatic heterocycles. The van der Waals surface area contributed by atoms with E-state index >= 15 is 0 Å². The predicted molar refractivity (Wildman–Crippen MR) is 78.6 cm³/mol. The van der Waals surface area contributed by atoms with Crippen LogP contribution in [0.2, 0.25) is 0 Å². The van der Waals surface area contributed by atoms with Gasteiger partial charge in [-0.2, -0.15) is 0 Å². The summed E-state index contributed by atoms with van der Waals surface area (Å²) in [7, 11) is 1.70. The molecular weight excluding hydrogens is 254 g/mol. The average molecular weight is 273 g/mol. The van der Waals surface area contributed by atoms with Crippen molar-refractivity contribution in [2.45, 2.75) is 25.9 Å². The average Bonchev–Trinajstić information content (AvgIpc) is 2.40. The SMILES string of the molecule is C#CCC(N)C(=O)Nc1ccccc1CN(C)C(C)=O. The number of carbonyl (C=O) groups is 2. The van der Waals surface area contributed by atoms with E-state index in [-0.39, 0.29) is 18.2 Å². The molecule has 0 saturated carbocycles. The fourth-order valence-corrected chi connectivity index (χ4v) is 1.59. The molecule has 0 radical (unpaired) electrons. The van der Waals surface area contributed by atoms with Gasteiger partial charge in [-0.3, -0.25) is 9.59 Å². The van der Waals surface area contributed by atoms with Gasteiger partial charge in [-0.1, -0.05) is 18.2 Å². The first kappa shape index (κ1) is 15.7. The lowest BCUT2D eigenvalue weighted by Gasteiger charge is -2.18. The Morgan fingerprint density at radius 2 is 2.10 bits per heavy atom. The lowest BCUT2D eigenvalue weighted by molar-refractivity contribution is -0.128. The van der Waals surface area contributed by atoms with E-state index in [1.54, 1.807) is 24.1 Å². The number of nitrogens with two attached hydrogens (primary N) is 1. The topological polar surface area (TPSA) is 75.4 Å². The molecule has 0 saturated heterocycles. The number of hydrogen-bond acceptors (Lipinski definition) is 3. The van der Waals surface area contributed by atoms with Gasteiger partial charge >= 0.3 is 0 Å². The number of terminal acetylenes is 1. The molecule has 0 bridgehead atoms. The molecule has 20 heavy (non-hydrogen) atoms. The third kappa shape index (κ3) is 4.41. The smallest absolute Gasteiger partial charge is 0.242 e. The molecule has 0 heterocycles. The van der Waals surface area contributed by atoms with E-state index in [9.17, 15) is 9.59 Å². The lowest BCUT2D eigenvalue weighted by atomic mass is 10.1. The Kier molecular flexibility index (Phi) is 5.75. The lowest BCUT2D eigenvalue weighted by Crippen LogP contribution is -2.35. The summed E-state index contributed by atoms with van der Waals surface area (Å²) in [5.41, 5.74) is 7.13. The van der Waals surface area contributed by atoms with Crippen LogP contribution in [0.5, 0.6) is 0 Å². The fourth-order valence-electron chi connectivity index (χ4n) is 1.59. The van der Waals surface area contributed by atoms with Crippen LogP contribution in [0.3, 0.4) is 0 Å². The monoisotopic (exact) mass is 273 g/mol. The van der Waals surface area contributed by atoms with Gasteiger partial charge in [0.2, 0.25) is 11.8 Å². The molecule has 0 spiro atoms. The van der Waals surface area contributed by atoms with Crippen molar-refractivity contribution in [3.8, 4) is 12.3 Å². The summed E-state index contributed by atoms with van der Waals surface area (Å²) >= 11 is 0. The first-order chi connectivity index (χ1) is 9.45. The van der Waals surface area contributed by atoms with Crippen LogP contribution < -0.4 is 11.1 Å². The third-order valence-electron chi connectivity index (χ3n) is 2.89. The molecule has 1 aromatic rings. The van der Waals surface area contributed by atoms with Crippen LogP contribution in [0.25, 0.3) is 0 Å². The van der Waals surface area contributed by atoms with Crippen LogP contribution in [0, 0.1) is 12.3 Å². The number of benzene rings is 1. The first-order valence-corrected chi connectivity index (χ1v) is 6.25. The Bertz CT molecular complexity index is 534. The number of anilines is 1. The largest absolute Gasteiger partial charge is 0.342 e. The van der Waals surface area contributed by atoms with Gasteiger partial charge in [-0.15, -0.1) is 12.3 Å². The van der Waals surface area contributed by atoms with Crippen molar-refractivity contribution in [3.05, 3.63) is 29.8 Å². The summed E-state index contributed by atoms with van der Waals surface area (Å²) in [6, 6.07) is 6.53. The van der Waals surface area contributed by atoms with Crippen LogP contribution in [-0.4, -0.2) is 29.8 Å². The maximum atomic E-state index is 11.9. The van der Waals surface area contributed by atoms with E-state index < -0.39 is 6.04 Å². The molecule has 0 aliphatic rings. The Morgan fingerprint density at radius 3 is 2.70 bits per heavy atom. The molecule has 106 valence electrons. The van der Waals surface area contributed by atoms with E-state index in [1.807, 2.05) is 12.1 Å². The minimum absolute atomic E-state index is 0.0461. The zero-order valence-electron chi connectivity index (χ0n) is 11.7. The molecule has 2 amide bonds. The zero-order chi connectivity index (χ0) is 15.1. The van der Waals surface area contributed by atoms with E-state index in [2.05, 4.69) is 11.2 Å². The predicted octanol–water partition coefficient (Wildman–Crippen LogP) is 0.954. The second-order valence-electron chi connectivity index (χ2n) is 4.54. The highest BCUT2D eigenvalue weighted by atomic mass is 16.2. The van der Waals surface area contributed by atoms with Crippen molar-refractivity contribution >= 4 is 17.5 Å². The van der Waals surface area contributed by atoms with E-state index in [0.29, 0.717) is 12.2 Å². The molecule has 5 heteroatoms. The molecular formula is C15H19N3O2. The number of nitrogens with one attached hydrogen (secondary N) is 1. The van der Waals surface area contributed by atoms with Crippen LogP contribution in [0.4, 0.5) is 5.69 Å². The maximum absolute atomic E-state index is 11.9. The molecule has 5 nitrogen and oxygen atoms in total. The summed E-state index contributed by atoms with van der Waals surface area (Å²) in [4.78, 5) is 24.7. The number of rotatable bonds is 5. The maximum Gasteiger partial charge on any atom is 0.242 e. The van der Waals surface area contributed by atoms with Crippen molar-refractivity contribution in [2.24, 2.45) is 5.73 Å². The number of nitrogens with zero attached hydrogens (tertiary/aromatic N) is 1. The first-order valence-electron chi connectivity index (χ1n) is 6.25.